The zero-order chi connectivity index (χ0) is 11.2. The van der Waals surface area contributed by atoms with E-state index in [0.29, 0.717) is 5.92 Å². The molecule has 86 valence electrons. The Morgan fingerprint density at radius 2 is 2.25 bits per heavy atom. The van der Waals surface area contributed by atoms with Crippen LogP contribution in [-0.2, 0) is 12.0 Å². The van der Waals surface area contributed by atoms with Gasteiger partial charge in [-0.3, -0.25) is 0 Å². The summed E-state index contributed by atoms with van der Waals surface area (Å²) in [6.07, 6.45) is 3.07. The molecule has 3 rings (SSSR count). The molecule has 2 aliphatic rings. The van der Waals surface area contributed by atoms with Crippen LogP contribution in [0.1, 0.15) is 24.0 Å². The Morgan fingerprint density at radius 1 is 1.44 bits per heavy atom. The molecule has 1 unspecified atom stereocenters. The van der Waals surface area contributed by atoms with Crippen molar-refractivity contribution >= 4 is 0 Å². The first kappa shape index (κ1) is 10.1. The van der Waals surface area contributed by atoms with Gasteiger partial charge in [0, 0.05) is 18.5 Å². The molecule has 1 atom stereocenters. The Kier molecular flexibility index (Phi) is 2.19. The van der Waals surface area contributed by atoms with E-state index in [4.69, 9.17) is 10.5 Å². The monoisotopic (exact) mass is 219 g/mol. The van der Waals surface area contributed by atoms with Gasteiger partial charge >= 0.3 is 0 Å². The predicted octanol–water partition coefficient (Wildman–Crippen LogP) is 1.18. The Hall–Kier alpha value is -1.06. The summed E-state index contributed by atoms with van der Waals surface area (Å²) in [5.74, 6) is 1.19. The quantitative estimate of drug-likeness (QED) is 0.802. The summed E-state index contributed by atoms with van der Waals surface area (Å²) in [4.78, 5) is 0. The van der Waals surface area contributed by atoms with Gasteiger partial charge in [-0.15, -0.1) is 0 Å². The molecule has 1 aromatic carbocycles. The van der Waals surface area contributed by atoms with E-state index in [9.17, 15) is 5.11 Å². The van der Waals surface area contributed by atoms with Crippen molar-refractivity contribution in [2.75, 3.05) is 13.2 Å². The Labute approximate surface area is 95.2 Å². The van der Waals surface area contributed by atoms with Crippen molar-refractivity contribution in [1.29, 1.82) is 0 Å². The molecule has 0 bridgehead atoms. The van der Waals surface area contributed by atoms with Gasteiger partial charge in [-0.2, -0.15) is 0 Å². The van der Waals surface area contributed by atoms with Crippen molar-refractivity contribution in [2.24, 2.45) is 11.7 Å². The summed E-state index contributed by atoms with van der Waals surface area (Å²) in [7, 11) is 0. The summed E-state index contributed by atoms with van der Waals surface area (Å²) in [6, 6.07) is 6.01. The minimum atomic E-state index is -0.879. The fraction of sp³-hybridized carbons (Fsp3) is 0.538. The van der Waals surface area contributed by atoms with Crippen molar-refractivity contribution < 1.29 is 9.84 Å². The second-order valence-electron chi connectivity index (χ2n) is 4.79. The molecule has 0 amide bonds. The summed E-state index contributed by atoms with van der Waals surface area (Å²) < 4.78 is 5.64. The van der Waals surface area contributed by atoms with Crippen LogP contribution in [0, 0.1) is 5.92 Å². The third-order valence-electron chi connectivity index (χ3n) is 3.74. The van der Waals surface area contributed by atoms with E-state index in [1.165, 1.54) is 5.56 Å². The average molecular weight is 219 g/mol. The fourth-order valence-corrected chi connectivity index (χ4v) is 2.61. The summed E-state index contributed by atoms with van der Waals surface area (Å²) in [5, 5.41) is 10.7. The van der Waals surface area contributed by atoms with Crippen LogP contribution in [0.3, 0.4) is 0 Å². The fourth-order valence-electron chi connectivity index (χ4n) is 2.61. The number of rotatable bonds is 3. The van der Waals surface area contributed by atoms with Crippen molar-refractivity contribution in [3.8, 4) is 5.75 Å². The molecule has 1 saturated carbocycles. The highest BCUT2D eigenvalue weighted by Crippen LogP contribution is 2.48. The largest absolute Gasteiger partial charge is 0.493 e. The maximum atomic E-state index is 10.7. The first-order valence-corrected chi connectivity index (χ1v) is 5.93. The van der Waals surface area contributed by atoms with Gasteiger partial charge in [0.1, 0.15) is 11.4 Å². The van der Waals surface area contributed by atoms with Crippen LogP contribution in [0.2, 0.25) is 0 Å². The highest BCUT2D eigenvalue weighted by Gasteiger charge is 2.46. The molecule has 3 nitrogen and oxygen atoms in total. The average Bonchev–Trinajstić information content (AvgIpc) is 3.06. The third-order valence-corrected chi connectivity index (χ3v) is 3.74. The molecule has 16 heavy (non-hydrogen) atoms. The van der Waals surface area contributed by atoms with E-state index in [-0.39, 0.29) is 6.54 Å². The molecular weight excluding hydrogens is 202 g/mol. The number of ether oxygens (including phenoxy) is 1. The highest BCUT2D eigenvalue weighted by molar-refractivity contribution is 5.47. The number of benzene rings is 1. The molecule has 1 fully saturated rings. The number of hydrogen-bond acceptors (Lipinski definition) is 3. The first-order chi connectivity index (χ1) is 7.75. The van der Waals surface area contributed by atoms with Crippen LogP contribution in [0.4, 0.5) is 0 Å². The molecule has 1 aliphatic heterocycles. The SMILES string of the molecule is NCC(O)(c1cccc2c1OCC2)C1CC1. The number of nitrogens with two attached hydrogens (primary N) is 1. The second-order valence-corrected chi connectivity index (χ2v) is 4.79. The summed E-state index contributed by atoms with van der Waals surface area (Å²) in [6.45, 7) is 0.995. The van der Waals surface area contributed by atoms with E-state index in [0.717, 1.165) is 37.2 Å². The van der Waals surface area contributed by atoms with Gasteiger partial charge in [0.15, 0.2) is 0 Å². The molecule has 1 aromatic rings. The molecule has 3 heteroatoms. The topological polar surface area (TPSA) is 55.5 Å². The lowest BCUT2D eigenvalue weighted by Gasteiger charge is -2.28. The Balaban J connectivity index is 2.08. The van der Waals surface area contributed by atoms with Gasteiger partial charge < -0.3 is 15.6 Å². The molecule has 0 spiro atoms. The van der Waals surface area contributed by atoms with Crippen molar-refractivity contribution in [3.63, 3.8) is 0 Å². The standard InChI is InChI=1S/C13H17NO2/c14-8-13(15,10-4-5-10)11-3-1-2-9-6-7-16-12(9)11/h1-3,10,15H,4-8,14H2. The minimum Gasteiger partial charge on any atom is -0.493 e. The van der Waals surface area contributed by atoms with Crippen molar-refractivity contribution in [2.45, 2.75) is 24.9 Å². The zero-order valence-corrected chi connectivity index (χ0v) is 9.28. The Bertz CT molecular complexity index is 414. The van der Waals surface area contributed by atoms with Gasteiger partial charge in [-0.05, 0) is 24.3 Å². The summed E-state index contributed by atoms with van der Waals surface area (Å²) >= 11 is 0. The number of aliphatic hydroxyl groups is 1. The minimum absolute atomic E-state index is 0.275. The van der Waals surface area contributed by atoms with E-state index in [1.54, 1.807) is 0 Å². The zero-order valence-electron chi connectivity index (χ0n) is 9.28. The molecule has 0 radical (unpaired) electrons. The molecule has 0 aromatic heterocycles. The van der Waals surface area contributed by atoms with Crippen LogP contribution in [-0.4, -0.2) is 18.3 Å². The lowest BCUT2D eigenvalue weighted by atomic mass is 9.87. The molecule has 1 heterocycles. The maximum absolute atomic E-state index is 10.7. The highest BCUT2D eigenvalue weighted by atomic mass is 16.5. The maximum Gasteiger partial charge on any atom is 0.128 e. The molecular formula is C13H17NO2. The van der Waals surface area contributed by atoms with E-state index in [1.807, 2.05) is 12.1 Å². The van der Waals surface area contributed by atoms with Gasteiger partial charge in [0.2, 0.25) is 0 Å². The van der Waals surface area contributed by atoms with Gasteiger partial charge in [-0.25, -0.2) is 0 Å². The van der Waals surface area contributed by atoms with Crippen molar-refractivity contribution in [1.82, 2.24) is 0 Å². The van der Waals surface area contributed by atoms with Crippen LogP contribution in [0.5, 0.6) is 5.75 Å². The Morgan fingerprint density at radius 3 is 2.94 bits per heavy atom. The van der Waals surface area contributed by atoms with Crippen LogP contribution >= 0.6 is 0 Å². The van der Waals surface area contributed by atoms with Crippen LogP contribution < -0.4 is 10.5 Å². The first-order valence-electron chi connectivity index (χ1n) is 5.93. The lowest BCUT2D eigenvalue weighted by Crippen LogP contribution is -2.37. The third kappa shape index (κ3) is 1.35. The number of para-hydroxylation sites is 1. The number of hydrogen-bond donors (Lipinski definition) is 2. The van der Waals surface area contributed by atoms with Crippen molar-refractivity contribution in [3.05, 3.63) is 29.3 Å². The van der Waals surface area contributed by atoms with E-state index in [2.05, 4.69) is 6.07 Å². The number of fused-ring (bicyclic) bond motifs is 1. The molecule has 3 N–H and O–H groups in total. The molecule has 1 aliphatic carbocycles. The van der Waals surface area contributed by atoms with E-state index < -0.39 is 5.60 Å². The predicted molar refractivity (Wildman–Crippen MR) is 61.3 cm³/mol. The normalized spacial score (nSPS) is 22.4. The van der Waals surface area contributed by atoms with Gasteiger partial charge in [0.25, 0.3) is 0 Å². The van der Waals surface area contributed by atoms with E-state index >= 15 is 0 Å². The summed E-state index contributed by atoms with van der Waals surface area (Å²) in [5.41, 5.74) is 6.98. The van der Waals surface area contributed by atoms with Gasteiger partial charge in [0.05, 0.1) is 6.61 Å². The lowest BCUT2D eigenvalue weighted by molar-refractivity contribution is 0.0199. The van der Waals surface area contributed by atoms with Crippen LogP contribution in [0.15, 0.2) is 18.2 Å². The van der Waals surface area contributed by atoms with Gasteiger partial charge in [-0.1, -0.05) is 18.2 Å². The smallest absolute Gasteiger partial charge is 0.128 e. The molecule has 0 saturated heterocycles. The second kappa shape index (κ2) is 3.47. The van der Waals surface area contributed by atoms with Crippen LogP contribution in [0.25, 0.3) is 0 Å².